The molecule has 1 aliphatic rings. The smallest absolute Gasteiger partial charge is 0.274 e. The van der Waals surface area contributed by atoms with Crippen molar-refractivity contribution in [3.05, 3.63) is 95.1 Å². The van der Waals surface area contributed by atoms with Crippen molar-refractivity contribution in [2.45, 2.75) is 32.1 Å². The van der Waals surface area contributed by atoms with Crippen molar-refractivity contribution >= 4 is 28.7 Å². The lowest BCUT2D eigenvalue weighted by Crippen LogP contribution is -2.28. The fraction of sp³-hybridized carbons (Fsp3) is 0.241. The number of ether oxygens (including phenoxy) is 1. The molecule has 0 fully saturated rings. The summed E-state index contributed by atoms with van der Waals surface area (Å²) in [6, 6.07) is 20.4. The van der Waals surface area contributed by atoms with Gasteiger partial charge in [0.15, 0.2) is 0 Å². The van der Waals surface area contributed by atoms with Crippen molar-refractivity contribution in [3.8, 4) is 5.75 Å². The van der Waals surface area contributed by atoms with Gasteiger partial charge in [-0.3, -0.25) is 14.8 Å². The average molecular weight is 471 g/mol. The Hall–Kier alpha value is -3.90. The molecule has 3 aromatic rings. The molecule has 6 nitrogen and oxygen atoms in total. The first-order valence-electron chi connectivity index (χ1n) is 12.0. The topological polar surface area (TPSA) is 87.7 Å². The number of amides is 2. The first kappa shape index (κ1) is 24.2. The van der Waals surface area contributed by atoms with Crippen molar-refractivity contribution in [3.63, 3.8) is 0 Å². The van der Waals surface area contributed by atoms with E-state index in [0.717, 1.165) is 35.6 Å². The van der Waals surface area contributed by atoms with Crippen molar-refractivity contribution in [1.82, 2.24) is 10.8 Å². The lowest BCUT2D eigenvalue weighted by atomic mass is 9.97. The van der Waals surface area contributed by atoms with Gasteiger partial charge in [0, 0.05) is 17.5 Å². The summed E-state index contributed by atoms with van der Waals surface area (Å²) in [6.07, 6.45) is 9.60. The summed E-state index contributed by atoms with van der Waals surface area (Å²) in [5, 5.41) is 13.9. The Morgan fingerprint density at radius 3 is 2.54 bits per heavy atom. The van der Waals surface area contributed by atoms with E-state index in [0.29, 0.717) is 23.4 Å². The Morgan fingerprint density at radius 2 is 1.77 bits per heavy atom. The average Bonchev–Trinajstić information content (AvgIpc) is 2.91. The molecule has 0 unspecified atom stereocenters. The first-order chi connectivity index (χ1) is 17.1. The van der Waals surface area contributed by atoms with Gasteiger partial charge in [-0.25, -0.2) is 5.48 Å². The molecular formula is C29H30N2O4. The Morgan fingerprint density at radius 1 is 0.971 bits per heavy atom. The molecule has 0 aliphatic heterocycles. The number of fused-ring (bicyclic) bond motifs is 1. The molecule has 1 aliphatic carbocycles. The van der Waals surface area contributed by atoms with Crippen LogP contribution in [0.4, 0.5) is 0 Å². The highest BCUT2D eigenvalue weighted by molar-refractivity contribution is 5.98. The zero-order valence-corrected chi connectivity index (χ0v) is 19.6. The lowest BCUT2D eigenvalue weighted by Gasteiger charge is -2.15. The number of rotatable bonds is 9. The SMILES string of the molecule is O=C(NCCC1=CCCCC1)/C(=C/c1ccc(C(=O)NO)cc1)COc1cccc2ccccc12. The minimum Gasteiger partial charge on any atom is -0.488 e. The van der Waals surface area contributed by atoms with E-state index in [1.54, 1.807) is 35.8 Å². The highest BCUT2D eigenvalue weighted by atomic mass is 16.5. The third-order valence-corrected chi connectivity index (χ3v) is 6.16. The third kappa shape index (κ3) is 6.58. The summed E-state index contributed by atoms with van der Waals surface area (Å²) < 4.78 is 6.11. The molecule has 35 heavy (non-hydrogen) atoms. The molecule has 0 saturated carbocycles. The van der Waals surface area contributed by atoms with Crippen LogP contribution >= 0.6 is 0 Å². The number of carbonyl (C=O) groups is 2. The van der Waals surface area contributed by atoms with Gasteiger partial charge >= 0.3 is 0 Å². The summed E-state index contributed by atoms with van der Waals surface area (Å²) in [7, 11) is 0. The molecule has 0 atom stereocenters. The molecule has 0 radical (unpaired) electrons. The molecule has 3 aromatic carbocycles. The number of allylic oxidation sites excluding steroid dienone is 1. The molecule has 0 heterocycles. The van der Waals surface area contributed by atoms with Gasteiger partial charge in [0.1, 0.15) is 12.4 Å². The Bertz CT molecular complexity index is 1240. The maximum Gasteiger partial charge on any atom is 0.274 e. The van der Waals surface area contributed by atoms with Gasteiger partial charge in [-0.05, 0) is 67.3 Å². The van der Waals surface area contributed by atoms with Crippen LogP contribution in [0.15, 0.2) is 84.0 Å². The largest absolute Gasteiger partial charge is 0.488 e. The zero-order valence-electron chi connectivity index (χ0n) is 19.6. The van der Waals surface area contributed by atoms with Crippen LogP contribution in [-0.4, -0.2) is 30.2 Å². The summed E-state index contributed by atoms with van der Waals surface area (Å²) in [6.45, 7) is 0.674. The van der Waals surface area contributed by atoms with Gasteiger partial charge in [0.2, 0.25) is 0 Å². The van der Waals surface area contributed by atoms with E-state index in [-0.39, 0.29) is 12.5 Å². The van der Waals surface area contributed by atoms with Crippen LogP contribution in [0.3, 0.4) is 0 Å². The molecule has 0 aromatic heterocycles. The minimum absolute atomic E-state index is 0.0986. The molecular weight excluding hydrogens is 440 g/mol. The van der Waals surface area contributed by atoms with Crippen molar-refractivity contribution in [2.24, 2.45) is 0 Å². The molecule has 0 bridgehead atoms. The van der Waals surface area contributed by atoms with E-state index in [2.05, 4.69) is 11.4 Å². The van der Waals surface area contributed by atoms with Crippen LogP contribution < -0.4 is 15.5 Å². The standard InChI is InChI=1S/C29H30N2O4/c32-28(30-18-17-21-7-2-1-3-8-21)25(19-22-13-15-24(16-14-22)29(33)31-34)20-35-27-12-6-10-23-9-4-5-11-26(23)27/h4-7,9-16,19,34H,1-3,8,17-18,20H2,(H,30,32)(H,31,33)/b25-19+. The molecule has 2 amide bonds. The van der Waals surface area contributed by atoms with E-state index < -0.39 is 5.91 Å². The molecule has 0 saturated heterocycles. The second kappa shape index (κ2) is 12.0. The highest BCUT2D eigenvalue weighted by Crippen LogP contribution is 2.26. The second-order valence-electron chi connectivity index (χ2n) is 8.61. The quantitative estimate of drug-likeness (QED) is 0.168. The van der Waals surface area contributed by atoms with Crippen LogP contribution in [0.1, 0.15) is 48.0 Å². The van der Waals surface area contributed by atoms with Crippen molar-refractivity contribution < 1.29 is 19.5 Å². The summed E-state index contributed by atoms with van der Waals surface area (Å²) in [5.74, 6) is -0.0576. The maximum atomic E-state index is 13.1. The maximum absolute atomic E-state index is 13.1. The van der Waals surface area contributed by atoms with Crippen LogP contribution in [-0.2, 0) is 4.79 Å². The number of hydrogen-bond donors (Lipinski definition) is 3. The van der Waals surface area contributed by atoms with Gasteiger partial charge in [0.05, 0.1) is 5.57 Å². The van der Waals surface area contributed by atoms with E-state index in [4.69, 9.17) is 9.94 Å². The molecule has 0 spiro atoms. The number of hydroxylamine groups is 1. The number of carbonyl (C=O) groups excluding carboxylic acids is 2. The third-order valence-electron chi connectivity index (χ3n) is 6.16. The van der Waals surface area contributed by atoms with Gasteiger partial charge in [-0.1, -0.05) is 60.2 Å². The first-order valence-corrected chi connectivity index (χ1v) is 12.0. The van der Waals surface area contributed by atoms with Crippen LogP contribution in [0.25, 0.3) is 16.8 Å². The van der Waals surface area contributed by atoms with Crippen molar-refractivity contribution in [1.29, 1.82) is 0 Å². The predicted octanol–water partition coefficient (Wildman–Crippen LogP) is 5.43. The van der Waals surface area contributed by atoms with E-state index in [1.165, 1.54) is 18.4 Å². The lowest BCUT2D eigenvalue weighted by molar-refractivity contribution is -0.117. The normalized spacial score (nSPS) is 13.7. The van der Waals surface area contributed by atoms with Crippen LogP contribution in [0.5, 0.6) is 5.75 Å². The highest BCUT2D eigenvalue weighted by Gasteiger charge is 2.13. The predicted molar refractivity (Wildman–Crippen MR) is 137 cm³/mol. The Balaban J connectivity index is 1.51. The van der Waals surface area contributed by atoms with Crippen LogP contribution in [0.2, 0.25) is 0 Å². The van der Waals surface area contributed by atoms with Gasteiger partial charge in [-0.15, -0.1) is 0 Å². The van der Waals surface area contributed by atoms with E-state index in [9.17, 15) is 9.59 Å². The zero-order chi connectivity index (χ0) is 24.5. The molecule has 180 valence electrons. The summed E-state index contributed by atoms with van der Waals surface area (Å²) in [4.78, 5) is 24.7. The Kier molecular flexibility index (Phi) is 8.30. The fourth-order valence-corrected chi connectivity index (χ4v) is 4.23. The van der Waals surface area contributed by atoms with E-state index in [1.807, 2.05) is 42.5 Å². The minimum atomic E-state index is -0.588. The van der Waals surface area contributed by atoms with Crippen molar-refractivity contribution in [2.75, 3.05) is 13.2 Å². The van der Waals surface area contributed by atoms with Gasteiger partial charge < -0.3 is 10.1 Å². The molecule has 4 rings (SSSR count). The van der Waals surface area contributed by atoms with Gasteiger partial charge in [0.25, 0.3) is 11.8 Å². The summed E-state index contributed by atoms with van der Waals surface area (Å²) >= 11 is 0. The Labute approximate surface area is 205 Å². The van der Waals surface area contributed by atoms with Crippen LogP contribution in [0, 0.1) is 0 Å². The molecule has 6 heteroatoms. The summed E-state index contributed by atoms with van der Waals surface area (Å²) in [5.41, 5.74) is 4.58. The monoisotopic (exact) mass is 470 g/mol. The number of hydrogen-bond acceptors (Lipinski definition) is 4. The van der Waals surface area contributed by atoms with Gasteiger partial charge in [-0.2, -0.15) is 0 Å². The fourth-order valence-electron chi connectivity index (χ4n) is 4.23. The number of nitrogens with one attached hydrogen (secondary N) is 2. The van der Waals surface area contributed by atoms with E-state index >= 15 is 0 Å². The number of benzene rings is 3. The molecule has 3 N–H and O–H groups in total. The second-order valence-corrected chi connectivity index (χ2v) is 8.61.